The van der Waals surface area contributed by atoms with E-state index < -0.39 is 0 Å². The summed E-state index contributed by atoms with van der Waals surface area (Å²) in [6, 6.07) is 6.59. The van der Waals surface area contributed by atoms with E-state index in [0.29, 0.717) is 18.2 Å². The second kappa shape index (κ2) is 8.86. The van der Waals surface area contributed by atoms with Gasteiger partial charge in [-0.15, -0.1) is 0 Å². The molecule has 6 nitrogen and oxygen atoms in total. The molecule has 6 heteroatoms. The third kappa shape index (κ3) is 4.43. The van der Waals surface area contributed by atoms with E-state index in [1.165, 1.54) is 51.6 Å². The molecule has 150 valence electrons. The van der Waals surface area contributed by atoms with E-state index in [2.05, 4.69) is 15.0 Å². The molecule has 3 heterocycles. The monoisotopic (exact) mass is 381 g/mol. The van der Waals surface area contributed by atoms with Crippen molar-refractivity contribution in [1.82, 2.24) is 24.6 Å². The number of rotatable bonds is 6. The molecule has 1 aliphatic carbocycles. The van der Waals surface area contributed by atoms with Gasteiger partial charge in [-0.2, -0.15) is 5.10 Å². The molecule has 0 radical (unpaired) electrons. The van der Waals surface area contributed by atoms with Gasteiger partial charge in [-0.25, -0.2) is 0 Å². The molecule has 1 amide bonds. The highest BCUT2D eigenvalue weighted by atomic mass is 16.2. The van der Waals surface area contributed by atoms with Crippen molar-refractivity contribution in [2.75, 3.05) is 19.6 Å². The molecule has 0 aromatic carbocycles. The number of pyridine rings is 1. The first kappa shape index (κ1) is 19.1. The maximum Gasteiger partial charge on any atom is 0.272 e. The zero-order valence-electron chi connectivity index (χ0n) is 16.8. The normalized spacial score (nSPS) is 19.2. The summed E-state index contributed by atoms with van der Waals surface area (Å²) in [5, 5.41) is 4.18. The number of aryl methyl sites for hydroxylation is 1. The zero-order valence-corrected chi connectivity index (χ0v) is 16.8. The van der Waals surface area contributed by atoms with Crippen LogP contribution in [0.2, 0.25) is 0 Å². The van der Waals surface area contributed by atoms with Gasteiger partial charge >= 0.3 is 0 Å². The lowest BCUT2D eigenvalue weighted by molar-refractivity contribution is 0.0640. The first-order chi connectivity index (χ1) is 13.7. The van der Waals surface area contributed by atoms with Gasteiger partial charge in [0.1, 0.15) is 5.69 Å². The highest BCUT2D eigenvalue weighted by molar-refractivity contribution is 5.92. The van der Waals surface area contributed by atoms with Crippen LogP contribution in [-0.2, 0) is 13.6 Å². The van der Waals surface area contributed by atoms with Crippen molar-refractivity contribution in [3.8, 4) is 0 Å². The number of hydrogen-bond acceptors (Lipinski definition) is 4. The van der Waals surface area contributed by atoms with Gasteiger partial charge in [0.2, 0.25) is 0 Å². The van der Waals surface area contributed by atoms with Gasteiger partial charge in [-0.05, 0) is 62.4 Å². The van der Waals surface area contributed by atoms with Crippen molar-refractivity contribution in [3.63, 3.8) is 0 Å². The fourth-order valence-corrected chi connectivity index (χ4v) is 4.76. The van der Waals surface area contributed by atoms with Gasteiger partial charge in [0.05, 0.1) is 0 Å². The highest BCUT2D eigenvalue weighted by Gasteiger charge is 2.29. The van der Waals surface area contributed by atoms with Crippen molar-refractivity contribution in [1.29, 1.82) is 0 Å². The van der Waals surface area contributed by atoms with E-state index in [1.807, 2.05) is 30.3 Å². The Bertz CT molecular complexity index is 760. The fourth-order valence-electron chi connectivity index (χ4n) is 4.76. The number of carbonyl (C=O) groups is 1. The molecule has 0 atom stereocenters. The average molecular weight is 382 g/mol. The first-order valence-corrected chi connectivity index (χ1v) is 10.6. The van der Waals surface area contributed by atoms with Gasteiger partial charge in [-0.3, -0.25) is 14.5 Å². The van der Waals surface area contributed by atoms with E-state index >= 15 is 0 Å². The van der Waals surface area contributed by atoms with Crippen LogP contribution in [0.4, 0.5) is 0 Å². The lowest BCUT2D eigenvalue weighted by Crippen LogP contribution is -2.44. The summed E-state index contributed by atoms with van der Waals surface area (Å²) in [6.45, 7) is 3.75. The molecule has 0 unspecified atom stereocenters. The molecule has 2 aromatic heterocycles. The summed E-state index contributed by atoms with van der Waals surface area (Å²) in [7, 11) is 1.83. The predicted octanol–water partition coefficient (Wildman–Crippen LogP) is 3.11. The Morgan fingerprint density at radius 2 is 1.93 bits per heavy atom. The number of likely N-dealkylation sites (tertiary alicyclic amines) is 1. The summed E-state index contributed by atoms with van der Waals surface area (Å²) in [5.41, 5.74) is 1.72. The van der Waals surface area contributed by atoms with Crippen LogP contribution in [0.25, 0.3) is 0 Å². The molecule has 2 fully saturated rings. The van der Waals surface area contributed by atoms with Crippen LogP contribution in [-0.4, -0.2) is 56.1 Å². The molecule has 0 N–H and O–H groups in total. The van der Waals surface area contributed by atoms with Crippen LogP contribution in [0.5, 0.6) is 0 Å². The number of nitrogens with zero attached hydrogens (tertiary/aromatic N) is 5. The molecule has 4 rings (SSSR count). The number of hydrogen-bond donors (Lipinski definition) is 0. The number of aromatic nitrogens is 3. The molecule has 1 saturated heterocycles. The minimum atomic E-state index is 0.0575. The Kier molecular flexibility index (Phi) is 6.05. The van der Waals surface area contributed by atoms with Crippen molar-refractivity contribution < 1.29 is 4.79 Å². The summed E-state index contributed by atoms with van der Waals surface area (Å²) < 4.78 is 1.67. The van der Waals surface area contributed by atoms with Crippen LogP contribution in [0.3, 0.4) is 0 Å². The van der Waals surface area contributed by atoms with Crippen molar-refractivity contribution in [2.24, 2.45) is 13.0 Å². The predicted molar refractivity (Wildman–Crippen MR) is 109 cm³/mol. The maximum atomic E-state index is 13.2. The quantitative estimate of drug-likeness (QED) is 0.771. The Hall–Kier alpha value is -2.21. The lowest BCUT2D eigenvalue weighted by atomic mass is 9.94. The third-order valence-corrected chi connectivity index (χ3v) is 6.39. The largest absolute Gasteiger partial charge is 0.333 e. The van der Waals surface area contributed by atoms with Crippen LogP contribution in [0.15, 0.2) is 36.8 Å². The van der Waals surface area contributed by atoms with E-state index in [4.69, 9.17) is 0 Å². The fraction of sp³-hybridized carbons (Fsp3) is 0.591. The Labute approximate surface area is 167 Å². The molecular formula is C22H31N5O. The smallest absolute Gasteiger partial charge is 0.272 e. The third-order valence-electron chi connectivity index (χ3n) is 6.39. The Morgan fingerprint density at radius 3 is 2.57 bits per heavy atom. The van der Waals surface area contributed by atoms with Crippen LogP contribution >= 0.6 is 0 Å². The molecule has 0 bridgehead atoms. The van der Waals surface area contributed by atoms with Gasteiger partial charge in [0, 0.05) is 44.8 Å². The maximum absolute atomic E-state index is 13.2. The summed E-state index contributed by atoms with van der Waals surface area (Å²) in [5.74, 6) is 0.619. The SMILES string of the molecule is Cn1nccc1C(=O)N(Cc1cccnc1)CC1CCN(C2CCCC2)CC1. The van der Waals surface area contributed by atoms with E-state index in [9.17, 15) is 4.79 Å². The van der Waals surface area contributed by atoms with Crippen LogP contribution < -0.4 is 0 Å². The standard InChI is InChI=1S/C22H31N5O/c1-25-21(8-12-24-25)22(28)27(17-19-5-4-11-23-15-19)16-18-9-13-26(14-10-18)20-6-2-3-7-20/h4-5,8,11-12,15,18,20H,2-3,6-7,9-10,13-14,16-17H2,1H3. The molecular weight excluding hydrogens is 350 g/mol. The van der Waals surface area contributed by atoms with Gasteiger partial charge < -0.3 is 9.80 Å². The zero-order chi connectivity index (χ0) is 19.3. The van der Waals surface area contributed by atoms with Crippen LogP contribution in [0, 0.1) is 5.92 Å². The topological polar surface area (TPSA) is 54.3 Å². The van der Waals surface area contributed by atoms with Gasteiger partial charge in [0.25, 0.3) is 5.91 Å². The molecule has 1 aliphatic heterocycles. The number of piperidine rings is 1. The average Bonchev–Trinajstić information content (AvgIpc) is 3.40. The van der Waals surface area contributed by atoms with Gasteiger partial charge in [0.15, 0.2) is 0 Å². The summed E-state index contributed by atoms with van der Waals surface area (Å²) >= 11 is 0. The van der Waals surface area contributed by atoms with Gasteiger partial charge in [-0.1, -0.05) is 18.9 Å². The van der Waals surface area contributed by atoms with Crippen molar-refractivity contribution in [2.45, 2.75) is 51.1 Å². The summed E-state index contributed by atoms with van der Waals surface area (Å²) in [4.78, 5) is 22.1. The van der Waals surface area contributed by atoms with E-state index in [-0.39, 0.29) is 5.91 Å². The van der Waals surface area contributed by atoms with E-state index in [1.54, 1.807) is 23.1 Å². The Morgan fingerprint density at radius 1 is 1.14 bits per heavy atom. The highest BCUT2D eigenvalue weighted by Crippen LogP contribution is 2.28. The van der Waals surface area contributed by atoms with Crippen molar-refractivity contribution in [3.05, 3.63) is 48.0 Å². The molecule has 0 spiro atoms. The summed E-state index contributed by atoms with van der Waals surface area (Å²) in [6.07, 6.45) is 13.2. The van der Waals surface area contributed by atoms with Crippen molar-refractivity contribution >= 4 is 5.91 Å². The first-order valence-electron chi connectivity index (χ1n) is 10.6. The second-order valence-corrected chi connectivity index (χ2v) is 8.30. The minimum absolute atomic E-state index is 0.0575. The Balaban J connectivity index is 1.42. The molecule has 2 aromatic rings. The van der Waals surface area contributed by atoms with E-state index in [0.717, 1.165) is 18.2 Å². The minimum Gasteiger partial charge on any atom is -0.333 e. The number of carbonyl (C=O) groups excluding carboxylic acids is 1. The molecule has 1 saturated carbocycles. The molecule has 2 aliphatic rings. The van der Waals surface area contributed by atoms with Crippen LogP contribution in [0.1, 0.15) is 54.6 Å². The molecule has 28 heavy (non-hydrogen) atoms. The second-order valence-electron chi connectivity index (χ2n) is 8.30. The number of amides is 1. The lowest BCUT2D eigenvalue weighted by Gasteiger charge is -2.37.